The molecule has 1 heterocycles. The van der Waals surface area contributed by atoms with Crippen LogP contribution >= 0.6 is 0 Å². The van der Waals surface area contributed by atoms with Crippen molar-refractivity contribution < 1.29 is 22.7 Å². The summed E-state index contributed by atoms with van der Waals surface area (Å²) in [5, 5.41) is 2.81. The molecule has 0 spiro atoms. The zero-order chi connectivity index (χ0) is 19.4. The Hall–Kier alpha value is -2.74. The van der Waals surface area contributed by atoms with Crippen molar-refractivity contribution in [3.63, 3.8) is 0 Å². The molecular weight excluding hydrogens is 368 g/mol. The van der Waals surface area contributed by atoms with Gasteiger partial charge in [0.25, 0.3) is 0 Å². The highest BCUT2D eigenvalue weighted by molar-refractivity contribution is 7.92. The molecule has 7 nitrogen and oxygen atoms in total. The Balaban J connectivity index is 1.60. The van der Waals surface area contributed by atoms with E-state index >= 15 is 0 Å². The number of ether oxygens (including phenoxy) is 2. The summed E-state index contributed by atoms with van der Waals surface area (Å²) in [4.78, 5) is 12.1. The molecule has 0 atom stereocenters. The van der Waals surface area contributed by atoms with E-state index in [0.717, 1.165) is 17.5 Å². The number of nitrogens with one attached hydrogen (secondary N) is 1. The van der Waals surface area contributed by atoms with Crippen LogP contribution in [0.3, 0.4) is 0 Å². The Morgan fingerprint density at radius 1 is 1.11 bits per heavy atom. The van der Waals surface area contributed by atoms with Gasteiger partial charge in [-0.15, -0.1) is 0 Å². The van der Waals surface area contributed by atoms with E-state index in [9.17, 15) is 13.2 Å². The third-order valence-corrected chi connectivity index (χ3v) is 5.34. The van der Waals surface area contributed by atoms with E-state index in [1.54, 1.807) is 18.2 Å². The fourth-order valence-electron chi connectivity index (χ4n) is 2.77. The number of rotatable bonds is 7. The summed E-state index contributed by atoms with van der Waals surface area (Å²) in [6.07, 6.45) is 1.74. The Kier molecular flexibility index (Phi) is 5.55. The van der Waals surface area contributed by atoms with Crippen LogP contribution in [0.15, 0.2) is 42.5 Å². The summed E-state index contributed by atoms with van der Waals surface area (Å²) in [6.45, 7) is 2.29. The van der Waals surface area contributed by atoms with Crippen LogP contribution in [0, 0.1) is 6.92 Å². The smallest absolute Gasteiger partial charge is 0.232 e. The number of amides is 1. The molecule has 0 bridgehead atoms. The first-order chi connectivity index (χ1) is 12.8. The first-order valence-corrected chi connectivity index (χ1v) is 10.4. The lowest BCUT2D eigenvalue weighted by Gasteiger charge is -2.22. The van der Waals surface area contributed by atoms with Gasteiger partial charge in [0.15, 0.2) is 11.5 Å². The molecule has 1 N–H and O–H groups in total. The lowest BCUT2D eigenvalue weighted by molar-refractivity contribution is -0.116. The van der Waals surface area contributed by atoms with E-state index < -0.39 is 10.0 Å². The number of hydrogen-bond acceptors (Lipinski definition) is 5. The monoisotopic (exact) mass is 390 g/mol. The Labute approximate surface area is 158 Å². The van der Waals surface area contributed by atoms with E-state index in [1.807, 2.05) is 31.2 Å². The average Bonchev–Trinajstić information content (AvgIpc) is 3.07. The molecule has 0 aliphatic carbocycles. The number of sulfonamides is 1. The highest BCUT2D eigenvalue weighted by Crippen LogP contribution is 2.36. The fraction of sp³-hybridized carbons (Fsp3) is 0.316. The van der Waals surface area contributed by atoms with E-state index in [2.05, 4.69) is 5.32 Å². The number of nitrogens with zero attached hydrogens (tertiary/aromatic N) is 1. The second-order valence-corrected chi connectivity index (χ2v) is 8.30. The molecule has 27 heavy (non-hydrogen) atoms. The normalized spacial score (nSPS) is 12.7. The molecule has 1 aliphatic heterocycles. The third-order valence-electron chi connectivity index (χ3n) is 4.14. The number of aryl methyl sites for hydroxylation is 1. The molecule has 0 aromatic heterocycles. The standard InChI is InChI=1S/C19H22N2O5S/c1-14-5-7-15(8-6-14)20-19(22)4-3-11-21(27(2,23)24)16-9-10-17-18(12-16)26-13-25-17/h5-10,12H,3-4,11,13H2,1-2H3,(H,20,22). The van der Waals surface area contributed by atoms with Gasteiger partial charge in [0, 0.05) is 24.7 Å². The van der Waals surface area contributed by atoms with Crippen molar-refractivity contribution in [1.82, 2.24) is 0 Å². The Morgan fingerprint density at radius 3 is 2.52 bits per heavy atom. The van der Waals surface area contributed by atoms with Gasteiger partial charge in [-0.05, 0) is 37.6 Å². The number of carbonyl (C=O) groups is 1. The van der Waals surface area contributed by atoms with Gasteiger partial charge in [0.2, 0.25) is 22.7 Å². The minimum Gasteiger partial charge on any atom is -0.454 e. The fourth-order valence-corrected chi connectivity index (χ4v) is 3.73. The van der Waals surface area contributed by atoms with Gasteiger partial charge in [0.1, 0.15) is 0 Å². The van der Waals surface area contributed by atoms with E-state index in [4.69, 9.17) is 9.47 Å². The van der Waals surface area contributed by atoms with Crippen LogP contribution in [-0.4, -0.2) is 33.9 Å². The first-order valence-electron chi connectivity index (χ1n) is 8.57. The second-order valence-electron chi connectivity index (χ2n) is 6.39. The molecule has 0 fully saturated rings. The van der Waals surface area contributed by atoms with Gasteiger partial charge >= 0.3 is 0 Å². The zero-order valence-corrected chi connectivity index (χ0v) is 16.1. The summed E-state index contributed by atoms with van der Waals surface area (Å²) in [5.41, 5.74) is 2.32. The van der Waals surface area contributed by atoms with Gasteiger partial charge in [-0.25, -0.2) is 8.42 Å². The summed E-state index contributed by atoms with van der Waals surface area (Å²) in [6, 6.07) is 12.5. The quantitative estimate of drug-likeness (QED) is 0.786. The number of fused-ring (bicyclic) bond motifs is 1. The second kappa shape index (κ2) is 7.87. The minimum absolute atomic E-state index is 0.122. The number of benzene rings is 2. The number of hydrogen-bond donors (Lipinski definition) is 1. The molecule has 2 aromatic rings. The van der Waals surface area contributed by atoms with E-state index in [-0.39, 0.29) is 25.7 Å². The molecule has 144 valence electrons. The molecule has 0 saturated heterocycles. The van der Waals surface area contributed by atoms with Crippen molar-refractivity contribution in [3.8, 4) is 11.5 Å². The van der Waals surface area contributed by atoms with Crippen LogP contribution in [0.4, 0.5) is 11.4 Å². The summed E-state index contributed by atoms with van der Waals surface area (Å²) < 4.78 is 36.2. The molecule has 1 amide bonds. The van der Waals surface area contributed by atoms with Crippen molar-refractivity contribution in [3.05, 3.63) is 48.0 Å². The SMILES string of the molecule is Cc1ccc(NC(=O)CCCN(c2ccc3c(c2)OCO3)S(C)(=O)=O)cc1. The molecule has 2 aromatic carbocycles. The van der Waals surface area contributed by atoms with Gasteiger partial charge in [-0.3, -0.25) is 9.10 Å². The van der Waals surface area contributed by atoms with Gasteiger partial charge < -0.3 is 14.8 Å². The van der Waals surface area contributed by atoms with Crippen molar-refractivity contribution in [2.24, 2.45) is 0 Å². The maximum absolute atomic E-state index is 12.2. The Bertz CT molecular complexity index is 926. The van der Waals surface area contributed by atoms with Crippen LogP contribution < -0.4 is 19.1 Å². The predicted molar refractivity (Wildman–Crippen MR) is 104 cm³/mol. The average molecular weight is 390 g/mol. The third kappa shape index (κ3) is 4.91. The largest absolute Gasteiger partial charge is 0.454 e. The lowest BCUT2D eigenvalue weighted by atomic mass is 10.2. The number of carbonyl (C=O) groups excluding carboxylic acids is 1. The maximum Gasteiger partial charge on any atom is 0.232 e. The van der Waals surface area contributed by atoms with Crippen LogP contribution in [-0.2, 0) is 14.8 Å². The molecule has 0 radical (unpaired) electrons. The summed E-state index contributed by atoms with van der Waals surface area (Å²) >= 11 is 0. The van der Waals surface area contributed by atoms with Crippen molar-refractivity contribution in [2.45, 2.75) is 19.8 Å². The number of anilines is 2. The van der Waals surface area contributed by atoms with Crippen LogP contribution in [0.2, 0.25) is 0 Å². The minimum atomic E-state index is -3.49. The first kappa shape index (κ1) is 19.0. The predicted octanol–water partition coefficient (Wildman–Crippen LogP) is 2.91. The molecular formula is C19H22N2O5S. The summed E-state index contributed by atoms with van der Waals surface area (Å²) in [5.74, 6) is 0.945. The van der Waals surface area contributed by atoms with Gasteiger partial charge in [-0.1, -0.05) is 17.7 Å². The molecule has 0 saturated carbocycles. The highest BCUT2D eigenvalue weighted by atomic mass is 32.2. The van der Waals surface area contributed by atoms with Crippen LogP contribution in [0.5, 0.6) is 11.5 Å². The van der Waals surface area contributed by atoms with Crippen molar-refractivity contribution in [1.29, 1.82) is 0 Å². The molecule has 8 heteroatoms. The zero-order valence-electron chi connectivity index (χ0n) is 15.3. The molecule has 0 unspecified atom stereocenters. The van der Waals surface area contributed by atoms with Crippen LogP contribution in [0.25, 0.3) is 0 Å². The highest BCUT2D eigenvalue weighted by Gasteiger charge is 2.21. The maximum atomic E-state index is 12.2. The van der Waals surface area contributed by atoms with Crippen molar-refractivity contribution >= 4 is 27.3 Å². The van der Waals surface area contributed by atoms with Gasteiger partial charge in [-0.2, -0.15) is 0 Å². The Morgan fingerprint density at radius 2 is 1.81 bits per heavy atom. The summed E-state index contributed by atoms with van der Waals surface area (Å²) in [7, 11) is -3.49. The van der Waals surface area contributed by atoms with E-state index in [0.29, 0.717) is 23.6 Å². The lowest BCUT2D eigenvalue weighted by Crippen LogP contribution is -2.31. The van der Waals surface area contributed by atoms with Crippen molar-refractivity contribution in [2.75, 3.05) is 29.2 Å². The van der Waals surface area contributed by atoms with Gasteiger partial charge in [0.05, 0.1) is 11.9 Å². The molecule has 1 aliphatic rings. The molecule has 3 rings (SSSR count). The topological polar surface area (TPSA) is 84.9 Å². The van der Waals surface area contributed by atoms with E-state index in [1.165, 1.54) is 4.31 Å². The van der Waals surface area contributed by atoms with Crippen LogP contribution in [0.1, 0.15) is 18.4 Å².